The summed E-state index contributed by atoms with van der Waals surface area (Å²) in [4.78, 5) is 33.4. The molecule has 2 atom stereocenters. The number of ether oxygens (including phenoxy) is 1. The van der Waals surface area contributed by atoms with Crippen LogP contribution in [0.2, 0.25) is 0 Å². The number of nitrogens with zero attached hydrogens (tertiary/aromatic N) is 6. The van der Waals surface area contributed by atoms with Gasteiger partial charge in [0.1, 0.15) is 17.5 Å². The first kappa shape index (κ1) is 28.6. The van der Waals surface area contributed by atoms with Crippen molar-refractivity contribution in [2.24, 2.45) is 11.8 Å². The number of carbonyl (C=O) groups excluding carboxylic acids is 1. The standard InChI is InChI=1S/C36H36FN7O2/c1-46-32-6-2-5-29(40-32)30-11-12-31-35(41-30)44(34(42-31)26-4-3-15-39-33(26)38)24-9-10-25-23(19-24)20-28(37)27(25)18-21-13-16-43(17-14-21)36(45)22-7-8-22/h2-6,9-12,15,19,21-22,27-28H,7-8,13-14,16-18,20H2,1H3,(H2,38,39)/t27-,28?/m1/s1. The number of aromatic nitrogens is 5. The molecule has 2 fully saturated rings. The fraction of sp³-hybridized carbons (Fsp3) is 0.361. The van der Waals surface area contributed by atoms with Gasteiger partial charge in [0, 0.05) is 49.3 Å². The number of rotatable bonds is 7. The van der Waals surface area contributed by atoms with Crippen LogP contribution < -0.4 is 10.5 Å². The van der Waals surface area contributed by atoms with E-state index in [2.05, 4.69) is 22.1 Å². The Labute approximate surface area is 266 Å². The SMILES string of the molecule is COc1cccc(-c2ccc3nc(-c4cccnc4N)n(-c4ccc5c(c4)CC(F)[C@@H]5CC4CCN(C(=O)C5CC5)CC4)c3n2)n1. The number of carbonyl (C=O) groups is 1. The van der Waals surface area contributed by atoms with Crippen molar-refractivity contribution in [1.82, 2.24) is 29.4 Å². The molecule has 2 N–H and O–H groups in total. The molecule has 1 saturated heterocycles. The van der Waals surface area contributed by atoms with E-state index in [0.29, 0.717) is 63.9 Å². The van der Waals surface area contributed by atoms with E-state index in [9.17, 15) is 4.79 Å². The number of benzene rings is 1. The predicted octanol–water partition coefficient (Wildman–Crippen LogP) is 6.15. The maximum absolute atomic E-state index is 15.7. The molecule has 0 bridgehead atoms. The number of hydrogen-bond acceptors (Lipinski definition) is 7. The predicted molar refractivity (Wildman–Crippen MR) is 174 cm³/mol. The topological polar surface area (TPSA) is 112 Å². The number of fused-ring (bicyclic) bond motifs is 2. The number of nitrogens with two attached hydrogens (primary N) is 1. The van der Waals surface area contributed by atoms with Crippen LogP contribution in [-0.2, 0) is 11.2 Å². The highest BCUT2D eigenvalue weighted by atomic mass is 19.1. The number of likely N-dealkylation sites (tertiary alicyclic amines) is 1. The third-order valence-corrected chi connectivity index (χ3v) is 9.85. The van der Waals surface area contributed by atoms with Gasteiger partial charge < -0.3 is 15.4 Å². The second kappa shape index (κ2) is 11.5. The number of nitrogen functional groups attached to an aromatic ring is 1. The summed E-state index contributed by atoms with van der Waals surface area (Å²) in [5.74, 6) is 2.33. The average Bonchev–Trinajstić information content (AvgIpc) is 3.80. The van der Waals surface area contributed by atoms with E-state index in [1.807, 2.05) is 51.9 Å². The Bertz CT molecular complexity index is 1950. The van der Waals surface area contributed by atoms with E-state index in [4.69, 9.17) is 20.4 Å². The van der Waals surface area contributed by atoms with Gasteiger partial charge in [-0.3, -0.25) is 9.36 Å². The second-order valence-electron chi connectivity index (χ2n) is 12.8. The van der Waals surface area contributed by atoms with E-state index in [1.165, 1.54) is 0 Å². The molecule has 8 rings (SSSR count). The second-order valence-corrected chi connectivity index (χ2v) is 12.8. The number of anilines is 1. The highest BCUT2D eigenvalue weighted by Gasteiger charge is 2.38. The Morgan fingerprint density at radius 3 is 2.59 bits per heavy atom. The fourth-order valence-corrected chi connectivity index (χ4v) is 7.23. The molecule has 1 saturated carbocycles. The van der Waals surface area contributed by atoms with E-state index >= 15 is 4.39 Å². The highest BCUT2D eigenvalue weighted by molar-refractivity contribution is 5.84. The molecule has 3 aliphatic rings. The van der Waals surface area contributed by atoms with Crippen molar-refractivity contribution in [3.63, 3.8) is 0 Å². The van der Waals surface area contributed by atoms with Crippen molar-refractivity contribution in [3.8, 4) is 34.3 Å². The molecule has 10 heteroatoms. The molecular formula is C36H36FN7O2. The van der Waals surface area contributed by atoms with Crippen LogP contribution in [0.5, 0.6) is 5.88 Å². The Hall–Kier alpha value is -4.86. The van der Waals surface area contributed by atoms with Crippen LogP contribution in [0.25, 0.3) is 39.6 Å². The quantitative estimate of drug-likeness (QED) is 0.233. The minimum Gasteiger partial charge on any atom is -0.481 e. The molecule has 234 valence electrons. The third kappa shape index (κ3) is 5.15. The number of halogens is 1. The van der Waals surface area contributed by atoms with Gasteiger partial charge in [-0.1, -0.05) is 12.1 Å². The zero-order chi connectivity index (χ0) is 31.4. The maximum atomic E-state index is 15.7. The first-order valence-corrected chi connectivity index (χ1v) is 16.1. The maximum Gasteiger partial charge on any atom is 0.225 e. The number of methoxy groups -OCH3 is 1. The molecule has 9 nitrogen and oxygen atoms in total. The molecule has 1 aliphatic heterocycles. The molecule has 1 amide bonds. The lowest BCUT2D eigenvalue weighted by Crippen LogP contribution is -2.39. The summed E-state index contributed by atoms with van der Waals surface area (Å²) in [6.45, 7) is 1.59. The lowest BCUT2D eigenvalue weighted by molar-refractivity contribution is -0.134. The van der Waals surface area contributed by atoms with E-state index in [-0.39, 0.29) is 11.8 Å². The molecule has 2 aliphatic carbocycles. The summed E-state index contributed by atoms with van der Waals surface area (Å²) < 4.78 is 23.1. The molecule has 46 heavy (non-hydrogen) atoms. The molecule has 1 aromatic carbocycles. The lowest BCUT2D eigenvalue weighted by atomic mass is 9.84. The van der Waals surface area contributed by atoms with Gasteiger partial charge in [-0.15, -0.1) is 0 Å². The van der Waals surface area contributed by atoms with Crippen molar-refractivity contribution in [2.45, 2.75) is 50.6 Å². The molecule has 5 aromatic rings. The van der Waals surface area contributed by atoms with E-state index in [1.54, 1.807) is 19.4 Å². The summed E-state index contributed by atoms with van der Waals surface area (Å²) in [7, 11) is 1.59. The van der Waals surface area contributed by atoms with Crippen LogP contribution >= 0.6 is 0 Å². The van der Waals surface area contributed by atoms with Crippen LogP contribution in [0.4, 0.5) is 10.2 Å². The number of pyridine rings is 3. The fourth-order valence-electron chi connectivity index (χ4n) is 7.23. The number of alkyl halides is 1. The van der Waals surface area contributed by atoms with Crippen molar-refractivity contribution in [3.05, 3.63) is 78.0 Å². The first-order chi connectivity index (χ1) is 22.5. The van der Waals surface area contributed by atoms with Gasteiger partial charge in [0.15, 0.2) is 11.5 Å². The zero-order valence-corrected chi connectivity index (χ0v) is 25.8. The largest absolute Gasteiger partial charge is 0.481 e. The third-order valence-electron chi connectivity index (χ3n) is 9.85. The van der Waals surface area contributed by atoms with Crippen LogP contribution in [0, 0.1) is 11.8 Å². The van der Waals surface area contributed by atoms with Gasteiger partial charge in [0.2, 0.25) is 11.8 Å². The van der Waals surface area contributed by atoms with Crippen molar-refractivity contribution < 1.29 is 13.9 Å². The minimum absolute atomic E-state index is 0.142. The summed E-state index contributed by atoms with van der Waals surface area (Å²) >= 11 is 0. The van der Waals surface area contributed by atoms with Gasteiger partial charge >= 0.3 is 0 Å². The van der Waals surface area contributed by atoms with E-state index in [0.717, 1.165) is 62.0 Å². The van der Waals surface area contributed by atoms with Crippen LogP contribution in [0.3, 0.4) is 0 Å². The zero-order valence-electron chi connectivity index (χ0n) is 25.8. The first-order valence-electron chi connectivity index (χ1n) is 16.1. The van der Waals surface area contributed by atoms with Gasteiger partial charge in [0.25, 0.3) is 0 Å². The van der Waals surface area contributed by atoms with Crippen LogP contribution in [-0.4, -0.2) is 61.7 Å². The van der Waals surface area contributed by atoms with E-state index < -0.39 is 6.17 Å². The molecule has 0 spiro atoms. The number of hydrogen-bond donors (Lipinski definition) is 1. The summed E-state index contributed by atoms with van der Waals surface area (Å²) in [5.41, 5.74) is 12.6. The van der Waals surface area contributed by atoms with Gasteiger partial charge in [-0.05, 0) is 91.6 Å². The Morgan fingerprint density at radius 1 is 0.978 bits per heavy atom. The average molecular weight is 618 g/mol. The van der Waals surface area contributed by atoms with Crippen LogP contribution in [0.15, 0.2) is 66.9 Å². The summed E-state index contributed by atoms with van der Waals surface area (Å²) in [6.07, 6.45) is 5.86. The van der Waals surface area contributed by atoms with Crippen molar-refractivity contribution >= 4 is 22.9 Å². The highest BCUT2D eigenvalue weighted by Crippen LogP contribution is 2.43. The molecule has 0 radical (unpaired) electrons. The smallest absolute Gasteiger partial charge is 0.225 e. The Kier molecular flexibility index (Phi) is 7.15. The summed E-state index contributed by atoms with van der Waals surface area (Å²) in [5, 5.41) is 0. The molecule has 4 aromatic heterocycles. The summed E-state index contributed by atoms with van der Waals surface area (Å²) in [6, 6.07) is 19.3. The molecule has 5 heterocycles. The minimum atomic E-state index is -0.937. The van der Waals surface area contributed by atoms with Gasteiger partial charge in [-0.2, -0.15) is 0 Å². The molecule has 1 unspecified atom stereocenters. The van der Waals surface area contributed by atoms with Crippen molar-refractivity contribution in [2.75, 3.05) is 25.9 Å². The van der Waals surface area contributed by atoms with Crippen LogP contribution in [0.1, 0.15) is 49.1 Å². The number of amides is 1. The van der Waals surface area contributed by atoms with Crippen molar-refractivity contribution in [1.29, 1.82) is 0 Å². The monoisotopic (exact) mass is 617 g/mol. The lowest BCUT2D eigenvalue weighted by Gasteiger charge is -2.33. The Balaban J connectivity index is 1.14. The molecular weight excluding hydrogens is 581 g/mol. The number of imidazole rings is 1. The normalized spacial score (nSPS) is 19.8. The van der Waals surface area contributed by atoms with Gasteiger partial charge in [0.05, 0.1) is 24.1 Å². The number of piperidine rings is 1. The Morgan fingerprint density at radius 2 is 1.80 bits per heavy atom. The van der Waals surface area contributed by atoms with Gasteiger partial charge in [-0.25, -0.2) is 24.3 Å².